The Morgan fingerprint density at radius 3 is 2.75 bits per heavy atom. The van der Waals surface area contributed by atoms with Gasteiger partial charge in [-0.1, -0.05) is 79.5 Å². The Morgan fingerprint density at radius 2 is 1.92 bits per heavy atom. The van der Waals surface area contributed by atoms with Crippen LogP contribution in [0.5, 0.6) is 0 Å². The molecule has 1 saturated carbocycles. The summed E-state index contributed by atoms with van der Waals surface area (Å²) in [5.74, 6) is 0.641. The van der Waals surface area contributed by atoms with Crippen LogP contribution >= 0.6 is 0 Å². The highest BCUT2D eigenvalue weighted by molar-refractivity contribution is 5.81. The van der Waals surface area contributed by atoms with Crippen LogP contribution in [0.3, 0.4) is 0 Å². The van der Waals surface area contributed by atoms with E-state index in [1.807, 2.05) is 30.3 Å². The van der Waals surface area contributed by atoms with Crippen molar-refractivity contribution < 1.29 is 4.84 Å². The van der Waals surface area contributed by atoms with Crippen molar-refractivity contribution in [3.8, 4) is 0 Å². The molecule has 0 amide bonds. The second-order valence-corrected chi connectivity index (χ2v) is 6.35. The minimum absolute atomic E-state index is 0.445. The highest BCUT2D eigenvalue weighted by Gasteiger charge is 2.17. The largest absolute Gasteiger partial charge is 0.390 e. The molecule has 0 saturated heterocycles. The molecule has 24 heavy (non-hydrogen) atoms. The minimum atomic E-state index is 0.445. The van der Waals surface area contributed by atoms with Gasteiger partial charge >= 0.3 is 0 Å². The molecule has 1 radical (unpaired) electrons. The summed E-state index contributed by atoms with van der Waals surface area (Å²) >= 11 is 0. The van der Waals surface area contributed by atoms with E-state index in [1.54, 1.807) is 0 Å². The van der Waals surface area contributed by atoms with Crippen LogP contribution in [0.2, 0.25) is 0 Å². The summed E-state index contributed by atoms with van der Waals surface area (Å²) < 4.78 is 0. The first-order chi connectivity index (χ1) is 11.9. The van der Waals surface area contributed by atoms with Gasteiger partial charge in [0.25, 0.3) is 0 Å². The lowest BCUT2D eigenvalue weighted by atomic mass is 9.82. The van der Waals surface area contributed by atoms with Crippen LogP contribution < -0.4 is 0 Å². The molecule has 0 N–H and O–H groups in total. The van der Waals surface area contributed by atoms with Crippen molar-refractivity contribution in [2.75, 3.05) is 0 Å². The van der Waals surface area contributed by atoms with Crippen molar-refractivity contribution in [2.24, 2.45) is 5.16 Å². The monoisotopic (exact) mass is 318 g/mol. The van der Waals surface area contributed by atoms with Gasteiger partial charge in [-0.25, -0.2) is 0 Å². The Balaban J connectivity index is 1.63. The van der Waals surface area contributed by atoms with E-state index >= 15 is 0 Å². The quantitative estimate of drug-likeness (QED) is 0.487. The number of hydrogen-bond acceptors (Lipinski definition) is 2. The van der Waals surface area contributed by atoms with Gasteiger partial charge in [-0.3, -0.25) is 0 Å². The molecule has 3 rings (SSSR count). The van der Waals surface area contributed by atoms with E-state index in [4.69, 9.17) is 4.84 Å². The molecule has 1 aliphatic rings. The summed E-state index contributed by atoms with van der Waals surface area (Å²) in [6.07, 6.45) is 11.5. The maximum atomic E-state index is 5.45. The first-order valence-electron chi connectivity index (χ1n) is 8.75. The van der Waals surface area contributed by atoms with Gasteiger partial charge in [0.05, 0.1) is 0 Å². The zero-order valence-corrected chi connectivity index (χ0v) is 14.1. The molecule has 0 heterocycles. The molecule has 0 aliphatic heterocycles. The van der Waals surface area contributed by atoms with E-state index in [0.717, 1.165) is 16.7 Å². The van der Waals surface area contributed by atoms with Crippen molar-refractivity contribution >= 4 is 12.3 Å². The summed E-state index contributed by atoms with van der Waals surface area (Å²) in [5.41, 5.74) is 4.59. The van der Waals surface area contributed by atoms with Crippen LogP contribution in [0.25, 0.3) is 6.08 Å². The topological polar surface area (TPSA) is 21.6 Å². The molecule has 1 aliphatic carbocycles. The summed E-state index contributed by atoms with van der Waals surface area (Å²) in [7, 11) is 0. The minimum Gasteiger partial charge on any atom is -0.390 e. The molecule has 0 spiro atoms. The van der Waals surface area contributed by atoms with Crippen LogP contribution in [-0.2, 0) is 11.4 Å². The van der Waals surface area contributed by atoms with Gasteiger partial charge in [0.2, 0.25) is 0 Å². The highest BCUT2D eigenvalue weighted by Crippen LogP contribution is 2.33. The van der Waals surface area contributed by atoms with E-state index < -0.39 is 0 Å². The fourth-order valence-corrected chi connectivity index (χ4v) is 3.37. The molecule has 2 nitrogen and oxygen atoms in total. The predicted octanol–water partition coefficient (Wildman–Crippen LogP) is 5.81. The number of rotatable bonds is 6. The van der Waals surface area contributed by atoms with Gasteiger partial charge in [-0.15, -0.1) is 0 Å². The van der Waals surface area contributed by atoms with Gasteiger partial charge in [0.1, 0.15) is 12.8 Å². The number of nitrogens with zero attached hydrogens (tertiary/aromatic N) is 1. The smallest absolute Gasteiger partial charge is 0.142 e. The summed E-state index contributed by atoms with van der Waals surface area (Å²) in [5, 5.41) is 4.07. The lowest BCUT2D eigenvalue weighted by molar-refractivity contribution is 0.132. The van der Waals surface area contributed by atoms with E-state index in [1.165, 1.54) is 37.7 Å². The maximum absolute atomic E-state index is 5.45. The Labute approximate surface area is 144 Å². The fraction of sp³-hybridized carbons (Fsp3) is 0.318. The fourth-order valence-electron chi connectivity index (χ4n) is 3.37. The first kappa shape index (κ1) is 16.5. The van der Waals surface area contributed by atoms with Crippen LogP contribution in [0.4, 0.5) is 0 Å². The molecule has 1 fully saturated rings. The summed E-state index contributed by atoms with van der Waals surface area (Å²) in [6, 6.07) is 16.5. The molecular formula is C22H24NO. The highest BCUT2D eigenvalue weighted by atomic mass is 16.6. The molecular weight excluding hydrogens is 294 g/mol. The maximum Gasteiger partial charge on any atom is 0.142 e. The molecule has 123 valence electrons. The summed E-state index contributed by atoms with van der Waals surface area (Å²) in [6.45, 7) is 4.23. The molecule has 2 aromatic rings. The Kier molecular flexibility index (Phi) is 5.84. The Bertz CT molecular complexity index is 699. The zero-order chi connectivity index (χ0) is 16.6. The molecule has 0 unspecified atom stereocenters. The second kappa shape index (κ2) is 8.49. The van der Waals surface area contributed by atoms with Crippen molar-refractivity contribution in [3.63, 3.8) is 0 Å². The van der Waals surface area contributed by atoms with Crippen molar-refractivity contribution in [2.45, 2.75) is 44.6 Å². The van der Waals surface area contributed by atoms with E-state index in [2.05, 4.69) is 42.2 Å². The van der Waals surface area contributed by atoms with Crippen LogP contribution in [0.1, 0.15) is 60.3 Å². The Morgan fingerprint density at radius 1 is 1.08 bits per heavy atom. The molecule has 0 aromatic heterocycles. The number of hydrogen-bond donors (Lipinski definition) is 0. The molecule has 0 atom stereocenters. The van der Waals surface area contributed by atoms with Gasteiger partial charge < -0.3 is 4.84 Å². The third-order valence-corrected chi connectivity index (χ3v) is 4.65. The molecule has 2 heteroatoms. The average molecular weight is 318 g/mol. The third kappa shape index (κ3) is 4.35. The van der Waals surface area contributed by atoms with Gasteiger partial charge in [0.15, 0.2) is 0 Å². The Hall–Kier alpha value is -2.35. The molecule has 0 bridgehead atoms. The van der Waals surface area contributed by atoms with Crippen molar-refractivity contribution in [3.05, 3.63) is 77.4 Å². The predicted molar refractivity (Wildman–Crippen MR) is 100 cm³/mol. The van der Waals surface area contributed by atoms with Gasteiger partial charge in [-0.2, -0.15) is 0 Å². The normalized spacial score (nSPS) is 15.5. The lowest BCUT2D eigenvalue weighted by Gasteiger charge is -2.23. The van der Waals surface area contributed by atoms with E-state index in [-0.39, 0.29) is 0 Å². The zero-order valence-electron chi connectivity index (χ0n) is 14.1. The van der Waals surface area contributed by atoms with Crippen LogP contribution in [0, 0.1) is 0 Å². The second-order valence-electron chi connectivity index (χ2n) is 6.35. The van der Waals surface area contributed by atoms with E-state index in [9.17, 15) is 0 Å². The van der Waals surface area contributed by atoms with Crippen molar-refractivity contribution in [1.29, 1.82) is 0 Å². The lowest BCUT2D eigenvalue weighted by Crippen LogP contribution is -2.07. The van der Waals surface area contributed by atoms with Gasteiger partial charge in [0, 0.05) is 5.56 Å². The molecule has 2 aromatic carbocycles. The average Bonchev–Trinajstić information content (AvgIpc) is 2.66. The van der Waals surface area contributed by atoms with Crippen molar-refractivity contribution in [1.82, 2.24) is 0 Å². The van der Waals surface area contributed by atoms with Crippen LogP contribution in [-0.4, -0.2) is 6.21 Å². The number of benzene rings is 2. The standard InChI is InChI=1S/C22H24NO/c1-2-18-9-8-10-19(15-18)17-24-23-16-21-13-6-7-14-22(21)20-11-4-3-5-12-20/h2,6-10,13-15,20H,1,3-5,11-12,17H2. The third-order valence-electron chi connectivity index (χ3n) is 4.65. The van der Waals surface area contributed by atoms with Crippen LogP contribution in [0.15, 0.2) is 60.3 Å². The SMILES string of the molecule is C=Cc1cccc(CO/N=[C]\c2ccccc2C2CCCCC2)c1. The first-order valence-corrected chi connectivity index (χ1v) is 8.75. The summed E-state index contributed by atoms with van der Waals surface area (Å²) in [4.78, 5) is 5.45. The van der Waals surface area contributed by atoms with E-state index in [0.29, 0.717) is 12.5 Å². The van der Waals surface area contributed by atoms with Gasteiger partial charge in [-0.05, 0) is 41.5 Å².